The number of nitrogens with zero attached hydrogens (tertiary/aromatic N) is 2. The van der Waals surface area contributed by atoms with Gasteiger partial charge in [-0.15, -0.1) is 0 Å². The Hall–Kier alpha value is -1.08. The summed E-state index contributed by atoms with van der Waals surface area (Å²) in [5.41, 5.74) is 6.32. The van der Waals surface area contributed by atoms with Crippen molar-refractivity contribution in [1.82, 2.24) is 9.78 Å². The number of ether oxygens (including phenoxy) is 1. The van der Waals surface area contributed by atoms with E-state index in [2.05, 4.69) is 9.84 Å². The molecule has 1 unspecified atom stereocenters. The first-order valence-electron chi connectivity index (χ1n) is 4.85. The summed E-state index contributed by atoms with van der Waals surface area (Å²) in [7, 11) is 0. The predicted octanol–water partition coefficient (Wildman–Crippen LogP) is 1.48. The fourth-order valence-corrected chi connectivity index (χ4v) is 1.14. The molecule has 0 saturated carbocycles. The van der Waals surface area contributed by atoms with Gasteiger partial charge >= 0.3 is 6.18 Å². The van der Waals surface area contributed by atoms with Crippen LogP contribution in [-0.4, -0.2) is 29.2 Å². The van der Waals surface area contributed by atoms with Crippen LogP contribution in [0.4, 0.5) is 13.2 Å². The summed E-state index contributed by atoms with van der Waals surface area (Å²) in [5.74, 6) is 0. The molecule has 0 fully saturated rings. The fourth-order valence-electron chi connectivity index (χ4n) is 1.14. The van der Waals surface area contributed by atoms with Crippen LogP contribution in [0.5, 0.6) is 0 Å². The highest BCUT2D eigenvalue weighted by Gasteiger charge is 2.27. The predicted molar refractivity (Wildman–Crippen MR) is 51.7 cm³/mol. The summed E-state index contributed by atoms with van der Waals surface area (Å²) in [6, 6.07) is -0.581. The number of halogens is 3. The lowest BCUT2D eigenvalue weighted by molar-refractivity contribution is -0.174. The highest BCUT2D eigenvalue weighted by Crippen LogP contribution is 2.16. The highest BCUT2D eigenvalue weighted by molar-refractivity contribution is 5.09. The largest absolute Gasteiger partial charge is 0.411 e. The van der Waals surface area contributed by atoms with Crippen molar-refractivity contribution in [2.24, 2.45) is 5.73 Å². The van der Waals surface area contributed by atoms with Crippen molar-refractivity contribution in [3.8, 4) is 0 Å². The van der Waals surface area contributed by atoms with E-state index in [1.165, 1.54) is 6.20 Å². The van der Waals surface area contributed by atoms with E-state index in [0.717, 1.165) is 0 Å². The number of rotatable bonds is 5. The molecule has 1 aromatic heterocycles. The first kappa shape index (κ1) is 13.0. The molecule has 0 radical (unpaired) electrons. The number of aryl methyl sites for hydroxylation is 1. The molecule has 1 heterocycles. The normalized spacial score (nSPS) is 14.1. The van der Waals surface area contributed by atoms with Crippen LogP contribution in [0.15, 0.2) is 12.4 Å². The molecule has 4 nitrogen and oxygen atoms in total. The number of hydrogen-bond acceptors (Lipinski definition) is 3. The molecule has 0 aliphatic heterocycles. The van der Waals surface area contributed by atoms with Crippen molar-refractivity contribution < 1.29 is 17.9 Å². The van der Waals surface area contributed by atoms with E-state index in [-0.39, 0.29) is 6.61 Å². The van der Waals surface area contributed by atoms with Gasteiger partial charge in [-0.05, 0) is 6.92 Å². The molecule has 2 N–H and O–H groups in total. The first-order valence-corrected chi connectivity index (χ1v) is 4.85. The van der Waals surface area contributed by atoms with Crippen LogP contribution in [0, 0.1) is 0 Å². The van der Waals surface area contributed by atoms with Crippen LogP contribution in [-0.2, 0) is 11.3 Å². The van der Waals surface area contributed by atoms with Gasteiger partial charge in [-0.2, -0.15) is 18.3 Å². The molecule has 0 amide bonds. The monoisotopic (exact) mass is 237 g/mol. The van der Waals surface area contributed by atoms with E-state index in [9.17, 15) is 13.2 Å². The molecule has 7 heteroatoms. The smallest absolute Gasteiger partial charge is 0.370 e. The molecule has 16 heavy (non-hydrogen) atoms. The van der Waals surface area contributed by atoms with Crippen LogP contribution in [0.1, 0.15) is 18.5 Å². The van der Waals surface area contributed by atoms with Crippen molar-refractivity contribution in [1.29, 1.82) is 0 Å². The number of hydrogen-bond donors (Lipinski definition) is 1. The quantitative estimate of drug-likeness (QED) is 0.844. The average molecular weight is 237 g/mol. The van der Waals surface area contributed by atoms with Gasteiger partial charge in [0.25, 0.3) is 0 Å². The van der Waals surface area contributed by atoms with Crippen molar-refractivity contribution in [3.63, 3.8) is 0 Å². The summed E-state index contributed by atoms with van der Waals surface area (Å²) in [4.78, 5) is 0. The molecular formula is C9H14F3N3O. The molecule has 0 aliphatic carbocycles. The van der Waals surface area contributed by atoms with Gasteiger partial charge in [0.2, 0.25) is 0 Å². The Bertz CT molecular complexity index is 324. The van der Waals surface area contributed by atoms with Crippen molar-refractivity contribution in [3.05, 3.63) is 18.0 Å². The third kappa shape index (κ3) is 4.19. The van der Waals surface area contributed by atoms with Crippen molar-refractivity contribution >= 4 is 0 Å². The van der Waals surface area contributed by atoms with E-state index in [0.29, 0.717) is 12.1 Å². The van der Waals surface area contributed by atoms with Crippen molar-refractivity contribution in [2.45, 2.75) is 25.7 Å². The summed E-state index contributed by atoms with van der Waals surface area (Å²) < 4.78 is 41.5. The topological polar surface area (TPSA) is 53.1 Å². The zero-order chi connectivity index (χ0) is 12.2. The number of aromatic nitrogens is 2. The van der Waals surface area contributed by atoms with Gasteiger partial charge in [0.15, 0.2) is 0 Å². The van der Waals surface area contributed by atoms with E-state index in [4.69, 9.17) is 5.73 Å². The van der Waals surface area contributed by atoms with Crippen LogP contribution < -0.4 is 5.73 Å². The Labute approximate surface area is 91.2 Å². The Morgan fingerprint density at radius 3 is 2.75 bits per heavy atom. The molecule has 92 valence electrons. The third-order valence-electron chi connectivity index (χ3n) is 1.97. The zero-order valence-corrected chi connectivity index (χ0v) is 8.87. The lowest BCUT2D eigenvalue weighted by Crippen LogP contribution is -2.23. The van der Waals surface area contributed by atoms with E-state index in [1.807, 2.05) is 6.92 Å². The Morgan fingerprint density at radius 2 is 2.25 bits per heavy atom. The molecule has 1 atom stereocenters. The highest BCUT2D eigenvalue weighted by atomic mass is 19.4. The summed E-state index contributed by atoms with van der Waals surface area (Å²) >= 11 is 0. The molecule has 0 saturated heterocycles. The van der Waals surface area contributed by atoms with Crippen LogP contribution in [0.25, 0.3) is 0 Å². The Morgan fingerprint density at radius 1 is 1.56 bits per heavy atom. The third-order valence-corrected chi connectivity index (χ3v) is 1.97. The number of alkyl halides is 3. The molecule has 0 aliphatic rings. The average Bonchev–Trinajstić information content (AvgIpc) is 2.63. The molecule has 1 rings (SSSR count). The maximum atomic E-state index is 11.8. The van der Waals surface area contributed by atoms with Gasteiger partial charge in [0.1, 0.15) is 6.61 Å². The summed E-state index contributed by atoms with van der Waals surface area (Å²) in [5, 5.41) is 3.97. The second kappa shape index (κ2) is 5.31. The maximum Gasteiger partial charge on any atom is 0.411 e. The van der Waals surface area contributed by atoms with Crippen LogP contribution in [0.2, 0.25) is 0 Å². The standard InChI is InChI=1S/C9H14F3N3O/c1-2-15-4-7(3-14-15)8(13)5-16-6-9(10,11)12/h3-4,8H,2,5-6,13H2,1H3. The molecule has 0 spiro atoms. The minimum atomic E-state index is -4.31. The molecule has 0 bridgehead atoms. The van der Waals surface area contributed by atoms with Crippen molar-refractivity contribution in [2.75, 3.05) is 13.2 Å². The van der Waals surface area contributed by atoms with Gasteiger partial charge in [0, 0.05) is 18.3 Å². The second-order valence-corrected chi connectivity index (χ2v) is 3.37. The van der Waals surface area contributed by atoms with Gasteiger partial charge in [-0.1, -0.05) is 0 Å². The zero-order valence-electron chi connectivity index (χ0n) is 8.87. The van der Waals surface area contributed by atoms with Gasteiger partial charge in [-0.3, -0.25) is 4.68 Å². The SMILES string of the molecule is CCn1cc(C(N)COCC(F)(F)F)cn1. The lowest BCUT2D eigenvalue weighted by atomic mass is 10.2. The van der Waals surface area contributed by atoms with E-state index >= 15 is 0 Å². The summed E-state index contributed by atoms with van der Waals surface area (Å²) in [6.07, 6.45) is -1.08. The molecule has 1 aromatic rings. The minimum Gasteiger partial charge on any atom is -0.370 e. The van der Waals surface area contributed by atoms with Gasteiger partial charge < -0.3 is 10.5 Å². The Kier molecular flexibility index (Phi) is 4.31. The summed E-state index contributed by atoms with van der Waals surface area (Å²) in [6.45, 7) is 1.15. The molecule has 0 aromatic carbocycles. The number of nitrogens with two attached hydrogens (primary N) is 1. The van der Waals surface area contributed by atoms with E-state index < -0.39 is 18.8 Å². The fraction of sp³-hybridized carbons (Fsp3) is 0.667. The first-order chi connectivity index (χ1) is 7.42. The van der Waals surface area contributed by atoms with Gasteiger partial charge in [0.05, 0.1) is 18.8 Å². The van der Waals surface area contributed by atoms with Crippen LogP contribution >= 0.6 is 0 Å². The Balaban J connectivity index is 2.37. The van der Waals surface area contributed by atoms with E-state index in [1.54, 1.807) is 10.9 Å². The van der Waals surface area contributed by atoms with Gasteiger partial charge in [-0.25, -0.2) is 0 Å². The maximum absolute atomic E-state index is 11.8. The lowest BCUT2D eigenvalue weighted by Gasteiger charge is -2.11. The van der Waals surface area contributed by atoms with Crippen LogP contribution in [0.3, 0.4) is 0 Å². The molecular weight excluding hydrogens is 223 g/mol. The minimum absolute atomic E-state index is 0.172. The second-order valence-electron chi connectivity index (χ2n) is 3.37.